The predicted molar refractivity (Wildman–Crippen MR) is 60.6 cm³/mol. The van der Waals surface area contributed by atoms with Gasteiger partial charge in [-0.15, -0.1) is 4.73 Å². The number of rotatable bonds is 2. The van der Waals surface area contributed by atoms with E-state index in [2.05, 4.69) is 0 Å². The van der Waals surface area contributed by atoms with Crippen LogP contribution in [-0.4, -0.2) is 20.8 Å². The number of carbonyl (C=O) groups excluding carboxylic acids is 1. The predicted octanol–water partition coefficient (Wildman–Crippen LogP) is 0.246. The third-order valence-corrected chi connectivity index (χ3v) is 2.44. The average molecular weight is 249 g/mol. The Morgan fingerprint density at radius 3 is 2.61 bits per heavy atom. The molecule has 1 aromatic heterocycles. The number of non-ortho nitro benzene ring substituents is 1. The summed E-state index contributed by atoms with van der Waals surface area (Å²) >= 11 is 0. The van der Waals surface area contributed by atoms with Gasteiger partial charge in [0.1, 0.15) is 5.56 Å². The summed E-state index contributed by atoms with van der Waals surface area (Å²) in [5.41, 5.74) is 3.22. The summed E-state index contributed by atoms with van der Waals surface area (Å²) in [6.07, 6.45) is 0. The first-order valence-electron chi connectivity index (χ1n) is 4.75. The number of nitro benzene ring substituents is 1. The van der Waals surface area contributed by atoms with Gasteiger partial charge in [0, 0.05) is 17.5 Å². The Morgan fingerprint density at radius 2 is 2.06 bits per heavy atom. The van der Waals surface area contributed by atoms with Gasteiger partial charge in [0.15, 0.2) is 0 Å². The number of benzene rings is 1. The molecule has 0 aliphatic carbocycles. The molecule has 92 valence electrons. The molecular formula is C10H7N3O5. The zero-order valence-corrected chi connectivity index (χ0v) is 8.86. The molecule has 0 spiro atoms. The van der Waals surface area contributed by atoms with Gasteiger partial charge in [0.2, 0.25) is 0 Å². The van der Waals surface area contributed by atoms with Gasteiger partial charge in [-0.05, 0) is 12.1 Å². The van der Waals surface area contributed by atoms with Crippen LogP contribution < -0.4 is 11.3 Å². The third kappa shape index (κ3) is 1.65. The summed E-state index contributed by atoms with van der Waals surface area (Å²) in [6, 6.07) is 4.71. The molecule has 0 atom stereocenters. The van der Waals surface area contributed by atoms with E-state index in [1.807, 2.05) is 0 Å². The molecule has 3 N–H and O–H groups in total. The minimum atomic E-state index is -1.02. The van der Waals surface area contributed by atoms with Gasteiger partial charge < -0.3 is 10.9 Å². The fourth-order valence-electron chi connectivity index (χ4n) is 1.57. The van der Waals surface area contributed by atoms with Gasteiger partial charge in [0.05, 0.1) is 10.4 Å². The molecule has 0 bridgehead atoms. The number of nitro groups is 1. The van der Waals surface area contributed by atoms with Crippen molar-refractivity contribution in [1.29, 1.82) is 0 Å². The Hall–Kier alpha value is -2.90. The number of nitrogens with zero attached hydrogens (tertiary/aromatic N) is 2. The fourth-order valence-corrected chi connectivity index (χ4v) is 1.57. The smallest absolute Gasteiger partial charge is 0.296 e. The van der Waals surface area contributed by atoms with Crippen LogP contribution in [0.1, 0.15) is 10.4 Å². The highest BCUT2D eigenvalue weighted by Gasteiger charge is 2.15. The van der Waals surface area contributed by atoms with Crippen LogP contribution in [-0.2, 0) is 0 Å². The van der Waals surface area contributed by atoms with Gasteiger partial charge in [-0.1, -0.05) is 0 Å². The molecular weight excluding hydrogens is 242 g/mol. The first kappa shape index (κ1) is 11.6. The van der Waals surface area contributed by atoms with Crippen LogP contribution in [0.15, 0.2) is 29.1 Å². The maximum absolute atomic E-state index is 11.5. The van der Waals surface area contributed by atoms with E-state index >= 15 is 0 Å². The summed E-state index contributed by atoms with van der Waals surface area (Å²) in [6.45, 7) is 0. The number of carbonyl (C=O) groups is 1. The van der Waals surface area contributed by atoms with Crippen LogP contribution in [0.25, 0.3) is 10.9 Å². The highest BCUT2D eigenvalue weighted by molar-refractivity contribution is 5.96. The quantitative estimate of drug-likeness (QED) is 0.447. The molecule has 1 heterocycles. The van der Waals surface area contributed by atoms with Crippen LogP contribution in [0.2, 0.25) is 0 Å². The number of amides is 1. The van der Waals surface area contributed by atoms with Crippen molar-refractivity contribution in [3.05, 3.63) is 50.3 Å². The average Bonchev–Trinajstić information content (AvgIpc) is 2.32. The molecule has 0 unspecified atom stereocenters. The first-order chi connectivity index (χ1) is 8.41. The minimum absolute atomic E-state index is 0.0702. The number of aromatic nitrogens is 1. The van der Waals surface area contributed by atoms with Crippen molar-refractivity contribution in [3.8, 4) is 0 Å². The Balaban J connectivity index is 2.87. The number of hydrogen-bond donors (Lipinski definition) is 2. The lowest BCUT2D eigenvalue weighted by atomic mass is 10.1. The zero-order chi connectivity index (χ0) is 13.4. The maximum Gasteiger partial charge on any atom is 0.296 e. The van der Waals surface area contributed by atoms with E-state index < -0.39 is 16.4 Å². The Bertz CT molecular complexity index is 734. The second-order valence-corrected chi connectivity index (χ2v) is 3.54. The summed E-state index contributed by atoms with van der Waals surface area (Å²) < 4.78 is 0.169. The molecule has 18 heavy (non-hydrogen) atoms. The minimum Gasteiger partial charge on any atom is -0.425 e. The summed E-state index contributed by atoms with van der Waals surface area (Å²) in [7, 11) is 0. The lowest BCUT2D eigenvalue weighted by Crippen LogP contribution is -2.28. The standard InChI is InChI=1S/C10H7N3O5/c11-9(14)7-3-5-1-2-6(13(17)18)4-8(5)12(16)10(7)15/h1-4,16H,(H2,11,14). The molecule has 8 heteroatoms. The van der Waals surface area contributed by atoms with E-state index in [1.165, 1.54) is 18.2 Å². The summed E-state index contributed by atoms with van der Waals surface area (Å²) in [5.74, 6) is -0.983. The third-order valence-electron chi connectivity index (χ3n) is 2.44. The molecule has 2 aromatic rings. The number of nitrogens with two attached hydrogens (primary N) is 1. The Morgan fingerprint density at radius 1 is 1.39 bits per heavy atom. The van der Waals surface area contributed by atoms with Crippen molar-refractivity contribution in [2.45, 2.75) is 0 Å². The second kappa shape index (κ2) is 3.84. The molecule has 0 saturated heterocycles. The Kier molecular flexibility index (Phi) is 2.47. The van der Waals surface area contributed by atoms with Crippen LogP contribution in [0, 0.1) is 10.1 Å². The van der Waals surface area contributed by atoms with Crippen LogP contribution in [0.3, 0.4) is 0 Å². The maximum atomic E-state index is 11.5. The number of fused-ring (bicyclic) bond motifs is 1. The zero-order valence-electron chi connectivity index (χ0n) is 8.86. The number of hydrogen-bond acceptors (Lipinski definition) is 5. The van der Waals surface area contributed by atoms with Crippen molar-refractivity contribution in [1.82, 2.24) is 4.73 Å². The molecule has 0 aliphatic rings. The Labute approximate surface area is 99.0 Å². The van der Waals surface area contributed by atoms with E-state index in [1.54, 1.807) is 0 Å². The number of pyridine rings is 1. The molecule has 0 radical (unpaired) electrons. The second-order valence-electron chi connectivity index (χ2n) is 3.54. The van der Waals surface area contributed by atoms with Crippen LogP contribution in [0.4, 0.5) is 5.69 Å². The van der Waals surface area contributed by atoms with E-state index in [-0.39, 0.29) is 26.9 Å². The van der Waals surface area contributed by atoms with Gasteiger partial charge >= 0.3 is 0 Å². The van der Waals surface area contributed by atoms with E-state index in [4.69, 9.17) is 5.73 Å². The molecule has 2 rings (SSSR count). The molecule has 0 aliphatic heterocycles. The molecule has 1 amide bonds. The van der Waals surface area contributed by atoms with Crippen molar-refractivity contribution < 1.29 is 14.9 Å². The highest BCUT2D eigenvalue weighted by atomic mass is 16.6. The number of primary amides is 1. The van der Waals surface area contributed by atoms with Crippen molar-refractivity contribution in [2.24, 2.45) is 5.73 Å². The van der Waals surface area contributed by atoms with E-state index in [0.29, 0.717) is 0 Å². The van der Waals surface area contributed by atoms with Gasteiger partial charge in [-0.2, -0.15) is 0 Å². The lowest BCUT2D eigenvalue weighted by Gasteiger charge is -2.05. The molecule has 8 nitrogen and oxygen atoms in total. The lowest BCUT2D eigenvalue weighted by molar-refractivity contribution is -0.384. The monoisotopic (exact) mass is 249 g/mol. The van der Waals surface area contributed by atoms with Crippen molar-refractivity contribution >= 4 is 22.5 Å². The van der Waals surface area contributed by atoms with Crippen molar-refractivity contribution in [2.75, 3.05) is 0 Å². The van der Waals surface area contributed by atoms with Crippen LogP contribution >= 0.6 is 0 Å². The SMILES string of the molecule is NC(=O)c1cc2ccc([N+](=O)[O-])cc2n(O)c1=O. The van der Waals surface area contributed by atoms with Gasteiger partial charge in [0.25, 0.3) is 17.2 Å². The summed E-state index contributed by atoms with van der Waals surface area (Å²) in [4.78, 5) is 32.4. The molecule has 1 aromatic carbocycles. The normalized spacial score (nSPS) is 10.4. The fraction of sp³-hybridized carbons (Fsp3) is 0. The highest BCUT2D eigenvalue weighted by Crippen LogP contribution is 2.19. The largest absolute Gasteiger partial charge is 0.425 e. The first-order valence-corrected chi connectivity index (χ1v) is 4.75. The molecule has 0 saturated carbocycles. The molecule has 0 fully saturated rings. The van der Waals surface area contributed by atoms with Gasteiger partial charge in [-0.25, -0.2) is 0 Å². The topological polar surface area (TPSA) is 128 Å². The van der Waals surface area contributed by atoms with E-state index in [0.717, 1.165) is 6.07 Å². The van der Waals surface area contributed by atoms with Crippen LogP contribution in [0.5, 0.6) is 0 Å². The van der Waals surface area contributed by atoms with Gasteiger partial charge in [-0.3, -0.25) is 19.7 Å². The summed E-state index contributed by atoms with van der Waals surface area (Å²) in [5, 5.41) is 20.4. The van der Waals surface area contributed by atoms with E-state index in [9.17, 15) is 24.9 Å². The van der Waals surface area contributed by atoms with Crippen molar-refractivity contribution in [3.63, 3.8) is 0 Å².